The number of rotatable bonds is 7. The van der Waals surface area contributed by atoms with Crippen LogP contribution >= 0.6 is 0 Å². The number of aromatic nitrogens is 2. The number of hydrogen-bond donors (Lipinski definition) is 4. The van der Waals surface area contributed by atoms with E-state index in [2.05, 4.69) is 39.8 Å². The topological polar surface area (TPSA) is 105 Å². The van der Waals surface area contributed by atoms with E-state index in [0.717, 1.165) is 24.3 Å². The Bertz CT molecular complexity index is 684. The van der Waals surface area contributed by atoms with Crippen LogP contribution in [0.2, 0.25) is 0 Å². The van der Waals surface area contributed by atoms with Gasteiger partial charge in [-0.25, -0.2) is 9.97 Å². The van der Waals surface area contributed by atoms with Crippen molar-refractivity contribution in [2.24, 2.45) is 5.92 Å². The van der Waals surface area contributed by atoms with Crippen molar-refractivity contribution in [3.05, 3.63) is 30.6 Å². The second kappa shape index (κ2) is 8.14. The first-order valence-electron chi connectivity index (χ1n) is 7.94. The van der Waals surface area contributed by atoms with Gasteiger partial charge < -0.3 is 21.7 Å². The molecule has 1 aromatic carbocycles. The smallest absolute Gasteiger partial charge is 0.221 e. The van der Waals surface area contributed by atoms with Gasteiger partial charge in [0.1, 0.15) is 12.0 Å². The minimum Gasteiger partial charge on any atom is -0.393 e. The summed E-state index contributed by atoms with van der Waals surface area (Å²) in [6, 6.07) is 7.31. The fourth-order valence-electron chi connectivity index (χ4n) is 2.09. The molecule has 0 aliphatic heterocycles. The summed E-state index contributed by atoms with van der Waals surface area (Å²) < 4.78 is 0. The second-order valence-corrected chi connectivity index (χ2v) is 5.98. The third-order valence-electron chi connectivity index (χ3n) is 3.37. The van der Waals surface area contributed by atoms with Crippen LogP contribution in [0, 0.1) is 5.92 Å². The van der Waals surface area contributed by atoms with Gasteiger partial charge in [-0.2, -0.15) is 0 Å². The van der Waals surface area contributed by atoms with Crippen molar-refractivity contribution >= 4 is 34.6 Å². The number of nitrogen functional groups attached to an aromatic ring is 1. The fraction of sp³-hybridized carbons (Fsp3) is 0.353. The van der Waals surface area contributed by atoms with E-state index in [0.29, 0.717) is 23.2 Å². The molecule has 0 bridgehead atoms. The summed E-state index contributed by atoms with van der Waals surface area (Å²) in [4.78, 5) is 19.4. The molecule has 0 radical (unpaired) electrons. The largest absolute Gasteiger partial charge is 0.393 e. The monoisotopic (exact) mass is 328 g/mol. The first-order chi connectivity index (χ1) is 11.5. The Labute approximate surface area is 142 Å². The lowest BCUT2D eigenvalue weighted by Crippen LogP contribution is -2.10. The van der Waals surface area contributed by atoms with Crippen molar-refractivity contribution < 1.29 is 4.79 Å². The number of benzene rings is 1. The lowest BCUT2D eigenvalue weighted by molar-refractivity contribution is -0.114. The normalized spacial score (nSPS) is 10.5. The molecule has 1 aromatic heterocycles. The molecule has 1 amide bonds. The molecule has 0 saturated heterocycles. The number of nitrogens with two attached hydrogens (primary N) is 1. The van der Waals surface area contributed by atoms with Crippen LogP contribution in [0.3, 0.4) is 0 Å². The van der Waals surface area contributed by atoms with Gasteiger partial charge in [0.2, 0.25) is 5.91 Å². The molecule has 2 rings (SSSR count). The molecule has 24 heavy (non-hydrogen) atoms. The third kappa shape index (κ3) is 5.12. The van der Waals surface area contributed by atoms with Crippen LogP contribution in [0.25, 0.3) is 0 Å². The molecule has 0 unspecified atom stereocenters. The molecule has 7 heteroatoms. The molecule has 0 atom stereocenters. The molecule has 2 aromatic rings. The van der Waals surface area contributed by atoms with Gasteiger partial charge in [0, 0.05) is 24.8 Å². The summed E-state index contributed by atoms with van der Waals surface area (Å²) in [5, 5.41) is 9.12. The van der Waals surface area contributed by atoms with Gasteiger partial charge in [0.05, 0.1) is 0 Å². The van der Waals surface area contributed by atoms with E-state index < -0.39 is 0 Å². The molecule has 0 fully saturated rings. The maximum Gasteiger partial charge on any atom is 0.221 e. The summed E-state index contributed by atoms with van der Waals surface area (Å²) in [5.41, 5.74) is 8.17. The molecular weight excluding hydrogens is 304 g/mol. The van der Waals surface area contributed by atoms with E-state index >= 15 is 0 Å². The van der Waals surface area contributed by atoms with Crippen LogP contribution < -0.4 is 21.7 Å². The first kappa shape index (κ1) is 17.5. The maximum atomic E-state index is 11.0. The van der Waals surface area contributed by atoms with Crippen LogP contribution in [0.1, 0.15) is 27.2 Å². The number of hydrogen-bond acceptors (Lipinski definition) is 6. The molecule has 0 aliphatic carbocycles. The summed E-state index contributed by atoms with van der Waals surface area (Å²) >= 11 is 0. The van der Waals surface area contributed by atoms with Crippen molar-refractivity contribution in [1.29, 1.82) is 0 Å². The van der Waals surface area contributed by atoms with Gasteiger partial charge in [-0.1, -0.05) is 13.8 Å². The predicted octanol–water partition coefficient (Wildman–Crippen LogP) is 3.22. The highest BCUT2D eigenvalue weighted by molar-refractivity contribution is 5.89. The quantitative estimate of drug-likeness (QED) is 0.622. The van der Waals surface area contributed by atoms with Crippen LogP contribution in [-0.2, 0) is 4.79 Å². The molecule has 5 N–H and O–H groups in total. The second-order valence-electron chi connectivity index (χ2n) is 5.98. The number of carbonyl (C=O) groups excluding carboxylic acids is 1. The summed E-state index contributed by atoms with van der Waals surface area (Å²) in [6.07, 6.45) is 2.51. The highest BCUT2D eigenvalue weighted by Gasteiger charge is 2.08. The Balaban J connectivity index is 2.05. The standard InChI is InChI=1S/C17H24N6O/c1-11(2)8-9-19-16-15(18)17(21-10-20-16)23-14-6-4-13(5-7-14)22-12(3)24/h4-7,10-11H,8-9,18H2,1-3H3,(H,22,24)(H2,19,20,21,23). The Morgan fingerprint density at radius 3 is 2.38 bits per heavy atom. The van der Waals surface area contributed by atoms with Crippen LogP contribution in [0.4, 0.5) is 28.7 Å². The molecule has 0 spiro atoms. The van der Waals surface area contributed by atoms with Crippen LogP contribution in [0.15, 0.2) is 30.6 Å². The lowest BCUT2D eigenvalue weighted by Gasteiger charge is -2.13. The van der Waals surface area contributed by atoms with Crippen molar-refractivity contribution in [1.82, 2.24) is 9.97 Å². The van der Waals surface area contributed by atoms with Crippen molar-refractivity contribution in [2.75, 3.05) is 28.2 Å². The zero-order valence-corrected chi connectivity index (χ0v) is 14.3. The minimum absolute atomic E-state index is 0.104. The summed E-state index contributed by atoms with van der Waals surface area (Å²) in [5.74, 6) is 1.68. The first-order valence-corrected chi connectivity index (χ1v) is 7.94. The van der Waals surface area contributed by atoms with E-state index in [1.807, 2.05) is 24.3 Å². The van der Waals surface area contributed by atoms with E-state index in [1.165, 1.54) is 13.3 Å². The van der Waals surface area contributed by atoms with Gasteiger partial charge in [-0.3, -0.25) is 4.79 Å². The minimum atomic E-state index is -0.104. The molecule has 128 valence electrons. The molecule has 0 saturated carbocycles. The number of amides is 1. The van der Waals surface area contributed by atoms with Crippen molar-refractivity contribution in [2.45, 2.75) is 27.2 Å². The number of nitrogens with one attached hydrogen (secondary N) is 3. The Kier molecular flexibility index (Phi) is 5.95. The molecule has 7 nitrogen and oxygen atoms in total. The van der Waals surface area contributed by atoms with Crippen molar-refractivity contribution in [3.8, 4) is 0 Å². The zero-order valence-electron chi connectivity index (χ0n) is 14.3. The highest BCUT2D eigenvalue weighted by Crippen LogP contribution is 2.26. The summed E-state index contributed by atoms with van der Waals surface area (Å²) in [7, 11) is 0. The van der Waals surface area contributed by atoms with Gasteiger partial charge in [0.25, 0.3) is 0 Å². The van der Waals surface area contributed by atoms with Crippen molar-refractivity contribution in [3.63, 3.8) is 0 Å². The average Bonchev–Trinajstić information content (AvgIpc) is 2.52. The Morgan fingerprint density at radius 1 is 1.12 bits per heavy atom. The highest BCUT2D eigenvalue weighted by atomic mass is 16.1. The zero-order chi connectivity index (χ0) is 17.5. The SMILES string of the molecule is CC(=O)Nc1ccc(Nc2ncnc(NCCC(C)C)c2N)cc1. The van der Waals surface area contributed by atoms with Gasteiger partial charge in [-0.05, 0) is 36.6 Å². The van der Waals surface area contributed by atoms with E-state index in [4.69, 9.17) is 5.73 Å². The number of anilines is 5. The van der Waals surface area contributed by atoms with Crippen LogP contribution in [0.5, 0.6) is 0 Å². The predicted molar refractivity (Wildman–Crippen MR) is 98.4 cm³/mol. The molecule has 0 aliphatic rings. The van der Waals surface area contributed by atoms with Crippen LogP contribution in [-0.4, -0.2) is 22.4 Å². The summed E-state index contributed by atoms with van der Waals surface area (Å²) in [6.45, 7) is 6.62. The molecular formula is C17H24N6O. The third-order valence-corrected chi connectivity index (χ3v) is 3.37. The van der Waals surface area contributed by atoms with E-state index in [-0.39, 0.29) is 5.91 Å². The van der Waals surface area contributed by atoms with Gasteiger partial charge in [-0.15, -0.1) is 0 Å². The van der Waals surface area contributed by atoms with E-state index in [9.17, 15) is 4.79 Å². The number of carbonyl (C=O) groups is 1. The lowest BCUT2D eigenvalue weighted by atomic mass is 10.1. The van der Waals surface area contributed by atoms with E-state index in [1.54, 1.807) is 0 Å². The Morgan fingerprint density at radius 2 is 1.75 bits per heavy atom. The van der Waals surface area contributed by atoms with Gasteiger partial charge >= 0.3 is 0 Å². The number of nitrogens with zero attached hydrogens (tertiary/aromatic N) is 2. The average molecular weight is 328 g/mol. The maximum absolute atomic E-state index is 11.0. The Hall–Kier alpha value is -2.83. The molecule has 1 heterocycles. The fourth-order valence-corrected chi connectivity index (χ4v) is 2.09. The van der Waals surface area contributed by atoms with Gasteiger partial charge in [0.15, 0.2) is 11.6 Å².